The van der Waals surface area contributed by atoms with Crippen LogP contribution in [0.4, 0.5) is 4.39 Å². The summed E-state index contributed by atoms with van der Waals surface area (Å²) in [6.45, 7) is 8.85. The number of methoxy groups -OCH3 is 1. The average Bonchev–Trinajstić information content (AvgIpc) is 3.38. The minimum atomic E-state index is -0.342. The number of nitrogens with one attached hydrogen (secondary N) is 1. The lowest BCUT2D eigenvalue weighted by atomic mass is 9.92. The van der Waals surface area contributed by atoms with E-state index in [1.165, 1.54) is 12.1 Å². The van der Waals surface area contributed by atoms with Crippen molar-refractivity contribution in [3.63, 3.8) is 0 Å². The van der Waals surface area contributed by atoms with Crippen molar-refractivity contribution in [2.75, 3.05) is 59.7 Å². The lowest BCUT2D eigenvalue weighted by Crippen LogP contribution is -2.56. The van der Waals surface area contributed by atoms with E-state index in [0.717, 1.165) is 12.8 Å². The van der Waals surface area contributed by atoms with Gasteiger partial charge in [-0.05, 0) is 55.9 Å². The molecule has 2 aromatic rings. The Morgan fingerprint density at radius 1 is 1.18 bits per heavy atom. The molecule has 39 heavy (non-hydrogen) atoms. The predicted molar refractivity (Wildman–Crippen MR) is 144 cm³/mol. The summed E-state index contributed by atoms with van der Waals surface area (Å²) in [7, 11) is 1.67. The molecular formula is C28H41FN6O4. The number of halogens is 1. The maximum Gasteiger partial charge on any atom is 0.276 e. The number of nitrogens with zero attached hydrogens (tertiary/aromatic N) is 5. The van der Waals surface area contributed by atoms with Crippen LogP contribution in [-0.4, -0.2) is 102 Å². The van der Waals surface area contributed by atoms with E-state index in [9.17, 15) is 14.0 Å². The molecule has 214 valence electrons. The van der Waals surface area contributed by atoms with Gasteiger partial charge in [0.15, 0.2) is 5.69 Å². The zero-order chi connectivity index (χ0) is 27.8. The molecule has 2 atom stereocenters. The average molecular weight is 545 g/mol. The first-order valence-corrected chi connectivity index (χ1v) is 14.0. The molecule has 0 saturated carbocycles. The van der Waals surface area contributed by atoms with E-state index in [2.05, 4.69) is 29.5 Å². The molecule has 1 aromatic heterocycles. The zero-order valence-electron chi connectivity index (χ0n) is 23.3. The molecule has 1 N–H and O–H groups in total. The smallest absolute Gasteiger partial charge is 0.276 e. The predicted octanol–water partition coefficient (Wildman–Crippen LogP) is 2.31. The molecule has 1 aromatic carbocycles. The zero-order valence-corrected chi connectivity index (χ0v) is 23.3. The number of unbranched alkanes of at least 4 members (excludes halogenated alkanes) is 1. The van der Waals surface area contributed by atoms with E-state index in [1.54, 1.807) is 23.9 Å². The number of hydrogen-bond donors (Lipinski definition) is 1. The van der Waals surface area contributed by atoms with Gasteiger partial charge < -0.3 is 24.6 Å². The molecule has 2 amide bonds. The van der Waals surface area contributed by atoms with Crippen molar-refractivity contribution < 1.29 is 23.5 Å². The minimum Gasteiger partial charge on any atom is -0.385 e. The summed E-state index contributed by atoms with van der Waals surface area (Å²) in [6, 6.07) is 5.86. The third-order valence-electron chi connectivity index (χ3n) is 7.31. The lowest BCUT2D eigenvalue weighted by Gasteiger charge is -2.40. The molecule has 0 bridgehead atoms. The van der Waals surface area contributed by atoms with Crippen molar-refractivity contribution >= 4 is 11.8 Å². The fourth-order valence-electron chi connectivity index (χ4n) is 5.33. The molecule has 0 unspecified atom stereocenters. The Balaban J connectivity index is 1.59. The van der Waals surface area contributed by atoms with E-state index < -0.39 is 0 Å². The SMILES string of the molecule is COCCCCc1c(C(=O)N(CC(C)C)[C@@H]2CNC[C@H](C(=O)N3CCOCC3)C2)nnn1-c1ccc(F)cc1. The van der Waals surface area contributed by atoms with E-state index >= 15 is 0 Å². The van der Waals surface area contributed by atoms with Gasteiger partial charge in [-0.25, -0.2) is 9.07 Å². The van der Waals surface area contributed by atoms with Crippen molar-refractivity contribution in [3.8, 4) is 5.69 Å². The van der Waals surface area contributed by atoms with Gasteiger partial charge in [0.05, 0.1) is 30.5 Å². The topological polar surface area (TPSA) is 102 Å². The molecular weight excluding hydrogens is 503 g/mol. The number of morpholine rings is 1. The number of piperidine rings is 1. The molecule has 2 aliphatic heterocycles. The standard InChI is InChI=1S/C28H41FN6O4/c1-20(2)19-34(24-16-21(17-30-18-24)27(36)33-11-14-39-15-12-33)28(37)26-25(6-4-5-13-38-3)35(32-31-26)23-9-7-22(29)8-10-23/h7-10,20-21,24,30H,4-6,11-19H2,1-3H3/t21-,24+/m1/s1. The second kappa shape index (κ2) is 14.0. The molecule has 4 rings (SSSR count). The van der Waals surface area contributed by atoms with Gasteiger partial charge in [-0.2, -0.15) is 0 Å². The van der Waals surface area contributed by atoms with Crippen molar-refractivity contribution in [2.45, 2.75) is 45.6 Å². The van der Waals surface area contributed by atoms with Gasteiger partial charge in [0.2, 0.25) is 5.91 Å². The van der Waals surface area contributed by atoms with Crippen LogP contribution in [0.3, 0.4) is 0 Å². The number of aromatic nitrogens is 3. The first kappa shape index (κ1) is 29.1. The second-order valence-corrected chi connectivity index (χ2v) is 10.8. The highest BCUT2D eigenvalue weighted by atomic mass is 19.1. The third kappa shape index (κ3) is 7.40. The molecule has 2 fully saturated rings. The molecule has 11 heteroatoms. The second-order valence-electron chi connectivity index (χ2n) is 10.8. The molecule has 0 radical (unpaired) electrons. The summed E-state index contributed by atoms with van der Waals surface area (Å²) in [5, 5.41) is 12.1. The van der Waals surface area contributed by atoms with E-state index in [-0.39, 0.29) is 35.5 Å². The highest BCUT2D eigenvalue weighted by molar-refractivity contribution is 5.94. The monoisotopic (exact) mass is 544 g/mol. The van der Waals surface area contributed by atoms with Gasteiger partial charge in [-0.3, -0.25) is 9.59 Å². The maximum absolute atomic E-state index is 14.2. The number of amides is 2. The van der Waals surface area contributed by atoms with Crippen molar-refractivity contribution in [1.82, 2.24) is 30.1 Å². The van der Waals surface area contributed by atoms with Crippen LogP contribution in [-0.2, 0) is 20.7 Å². The fourth-order valence-corrected chi connectivity index (χ4v) is 5.33. The molecule has 2 saturated heterocycles. The highest BCUT2D eigenvalue weighted by Crippen LogP contribution is 2.24. The summed E-state index contributed by atoms with van der Waals surface area (Å²) in [4.78, 5) is 31.2. The Labute approximate surface area is 229 Å². The van der Waals surface area contributed by atoms with Crippen LogP contribution in [0.25, 0.3) is 5.69 Å². The quantitative estimate of drug-likeness (QED) is 0.433. The summed E-state index contributed by atoms with van der Waals surface area (Å²) in [6.07, 6.45) is 2.78. The molecule has 3 heterocycles. The molecule has 10 nitrogen and oxygen atoms in total. The van der Waals surface area contributed by atoms with Crippen molar-refractivity contribution in [3.05, 3.63) is 41.5 Å². The highest BCUT2D eigenvalue weighted by Gasteiger charge is 2.37. The van der Waals surface area contributed by atoms with Crippen LogP contribution < -0.4 is 5.32 Å². The first-order valence-electron chi connectivity index (χ1n) is 14.0. The van der Waals surface area contributed by atoms with E-state index in [1.807, 2.05) is 9.80 Å². The van der Waals surface area contributed by atoms with E-state index in [0.29, 0.717) is 82.5 Å². The van der Waals surface area contributed by atoms with Gasteiger partial charge in [0, 0.05) is 52.5 Å². The van der Waals surface area contributed by atoms with E-state index in [4.69, 9.17) is 9.47 Å². The number of ether oxygens (including phenoxy) is 2. The fraction of sp³-hybridized carbons (Fsp3) is 0.643. The Kier molecular flexibility index (Phi) is 10.4. The first-order chi connectivity index (χ1) is 18.9. The van der Waals surface area contributed by atoms with Crippen LogP contribution in [0, 0.1) is 17.7 Å². The van der Waals surface area contributed by atoms with Gasteiger partial charge in [0.1, 0.15) is 5.82 Å². The van der Waals surface area contributed by atoms with Gasteiger partial charge in [0.25, 0.3) is 5.91 Å². The van der Waals surface area contributed by atoms with Crippen LogP contribution >= 0.6 is 0 Å². The molecule has 0 spiro atoms. The van der Waals surface area contributed by atoms with Gasteiger partial charge in [-0.15, -0.1) is 5.10 Å². The van der Waals surface area contributed by atoms with Gasteiger partial charge in [-0.1, -0.05) is 19.1 Å². The van der Waals surface area contributed by atoms with Crippen LogP contribution in [0.2, 0.25) is 0 Å². The lowest BCUT2D eigenvalue weighted by molar-refractivity contribution is -0.140. The number of hydrogen-bond acceptors (Lipinski definition) is 7. The Hall–Kier alpha value is -2.89. The third-order valence-corrected chi connectivity index (χ3v) is 7.31. The Bertz CT molecular complexity index is 1090. The summed E-state index contributed by atoms with van der Waals surface area (Å²) in [5.74, 6) is -0.390. The maximum atomic E-state index is 14.2. The minimum absolute atomic E-state index is 0.119. The summed E-state index contributed by atoms with van der Waals surface area (Å²) >= 11 is 0. The summed E-state index contributed by atoms with van der Waals surface area (Å²) in [5.41, 5.74) is 1.65. The Morgan fingerprint density at radius 3 is 2.62 bits per heavy atom. The molecule has 2 aliphatic rings. The van der Waals surface area contributed by atoms with Gasteiger partial charge >= 0.3 is 0 Å². The van der Waals surface area contributed by atoms with Crippen molar-refractivity contribution in [1.29, 1.82) is 0 Å². The number of carbonyl (C=O) groups is 2. The number of carbonyl (C=O) groups excluding carboxylic acids is 2. The number of benzene rings is 1. The largest absolute Gasteiger partial charge is 0.385 e. The Morgan fingerprint density at radius 2 is 1.92 bits per heavy atom. The van der Waals surface area contributed by atoms with Crippen LogP contribution in [0.1, 0.15) is 49.3 Å². The number of rotatable bonds is 11. The normalized spacial score (nSPS) is 19.9. The van der Waals surface area contributed by atoms with Crippen molar-refractivity contribution in [2.24, 2.45) is 11.8 Å². The van der Waals surface area contributed by atoms with Crippen LogP contribution in [0.5, 0.6) is 0 Å². The van der Waals surface area contributed by atoms with Crippen LogP contribution in [0.15, 0.2) is 24.3 Å². The summed E-state index contributed by atoms with van der Waals surface area (Å²) < 4.78 is 25.9. The molecule has 0 aliphatic carbocycles.